The summed E-state index contributed by atoms with van der Waals surface area (Å²) in [5.74, 6) is 0.801. The van der Waals surface area contributed by atoms with E-state index in [4.69, 9.17) is 0 Å². The van der Waals surface area contributed by atoms with Crippen LogP contribution < -0.4 is 15.5 Å². The van der Waals surface area contributed by atoms with E-state index >= 15 is 0 Å². The monoisotopic (exact) mass is 371 g/mol. The molecule has 0 saturated carbocycles. The number of anilines is 1. The molecule has 1 atom stereocenters. The van der Waals surface area contributed by atoms with Crippen LogP contribution in [0.3, 0.4) is 0 Å². The molecule has 1 unspecified atom stereocenters. The summed E-state index contributed by atoms with van der Waals surface area (Å²) in [5, 5.41) is 7.95. The van der Waals surface area contributed by atoms with E-state index in [1.54, 1.807) is 18.4 Å². The van der Waals surface area contributed by atoms with E-state index in [-0.39, 0.29) is 6.04 Å². The Morgan fingerprint density at radius 3 is 2.73 bits per heavy atom. The summed E-state index contributed by atoms with van der Waals surface area (Å²) in [6.45, 7) is 9.37. The summed E-state index contributed by atoms with van der Waals surface area (Å²) in [7, 11) is 1.81. The van der Waals surface area contributed by atoms with E-state index in [1.807, 2.05) is 0 Å². The van der Waals surface area contributed by atoms with Gasteiger partial charge in [0, 0.05) is 30.7 Å². The SMILES string of the molecule is CN=C(NCc1nc(C)c(C)s1)NC(C)c1cccc(N2CCCC2)c1. The van der Waals surface area contributed by atoms with Crippen LogP contribution >= 0.6 is 11.3 Å². The van der Waals surface area contributed by atoms with Crippen molar-refractivity contribution in [2.24, 2.45) is 4.99 Å². The van der Waals surface area contributed by atoms with Crippen LogP contribution in [0.5, 0.6) is 0 Å². The summed E-state index contributed by atoms with van der Waals surface area (Å²) in [6, 6.07) is 9.02. The van der Waals surface area contributed by atoms with Gasteiger partial charge in [0.15, 0.2) is 5.96 Å². The number of aryl methyl sites for hydroxylation is 2. The van der Waals surface area contributed by atoms with Crippen molar-refractivity contribution in [1.29, 1.82) is 0 Å². The van der Waals surface area contributed by atoms with Crippen molar-refractivity contribution in [1.82, 2.24) is 15.6 Å². The Morgan fingerprint density at radius 2 is 2.08 bits per heavy atom. The van der Waals surface area contributed by atoms with Gasteiger partial charge in [-0.3, -0.25) is 4.99 Å². The van der Waals surface area contributed by atoms with Gasteiger partial charge in [-0.05, 0) is 51.3 Å². The molecule has 0 aliphatic carbocycles. The number of benzene rings is 1. The predicted molar refractivity (Wildman–Crippen MR) is 111 cm³/mol. The van der Waals surface area contributed by atoms with Crippen LogP contribution in [-0.2, 0) is 6.54 Å². The summed E-state index contributed by atoms with van der Waals surface area (Å²) >= 11 is 1.74. The van der Waals surface area contributed by atoms with E-state index in [2.05, 4.69) is 70.5 Å². The molecule has 2 aromatic rings. The van der Waals surface area contributed by atoms with Crippen LogP contribution in [0.25, 0.3) is 0 Å². The highest BCUT2D eigenvalue weighted by molar-refractivity contribution is 7.11. The third-order valence-corrected chi connectivity index (χ3v) is 5.97. The Morgan fingerprint density at radius 1 is 1.31 bits per heavy atom. The Labute approximate surface area is 160 Å². The first-order valence-electron chi connectivity index (χ1n) is 9.32. The fourth-order valence-corrected chi connectivity index (χ4v) is 4.10. The van der Waals surface area contributed by atoms with Gasteiger partial charge in [-0.1, -0.05) is 12.1 Å². The van der Waals surface area contributed by atoms with Gasteiger partial charge < -0.3 is 15.5 Å². The van der Waals surface area contributed by atoms with Gasteiger partial charge in [0.2, 0.25) is 0 Å². The van der Waals surface area contributed by atoms with Crippen molar-refractivity contribution >= 4 is 23.0 Å². The first-order chi connectivity index (χ1) is 12.6. The molecule has 0 bridgehead atoms. The molecular formula is C20H29N5S. The lowest BCUT2D eigenvalue weighted by atomic mass is 10.1. The zero-order valence-corrected chi connectivity index (χ0v) is 17.0. The van der Waals surface area contributed by atoms with Gasteiger partial charge >= 0.3 is 0 Å². The average Bonchev–Trinajstić information content (AvgIpc) is 3.29. The van der Waals surface area contributed by atoms with Crippen LogP contribution in [0.2, 0.25) is 0 Å². The van der Waals surface area contributed by atoms with E-state index in [9.17, 15) is 0 Å². The zero-order chi connectivity index (χ0) is 18.5. The van der Waals surface area contributed by atoms with E-state index < -0.39 is 0 Å². The molecule has 0 radical (unpaired) electrons. The van der Waals surface area contributed by atoms with Gasteiger partial charge in [0.25, 0.3) is 0 Å². The maximum Gasteiger partial charge on any atom is 0.191 e. The van der Waals surface area contributed by atoms with Crippen LogP contribution in [0.15, 0.2) is 29.3 Å². The molecule has 1 saturated heterocycles. The van der Waals surface area contributed by atoms with Crippen molar-refractivity contribution in [2.45, 2.75) is 46.2 Å². The molecule has 1 aliphatic heterocycles. The van der Waals surface area contributed by atoms with Crippen molar-refractivity contribution in [2.75, 3.05) is 25.0 Å². The zero-order valence-electron chi connectivity index (χ0n) is 16.2. The fraction of sp³-hybridized carbons (Fsp3) is 0.500. The van der Waals surface area contributed by atoms with Gasteiger partial charge in [0.1, 0.15) is 5.01 Å². The fourth-order valence-electron chi connectivity index (χ4n) is 3.22. The lowest BCUT2D eigenvalue weighted by Crippen LogP contribution is -2.38. The van der Waals surface area contributed by atoms with Gasteiger partial charge in [-0.2, -0.15) is 0 Å². The molecule has 1 aromatic heterocycles. The van der Waals surface area contributed by atoms with Crippen LogP contribution in [0, 0.1) is 13.8 Å². The quantitative estimate of drug-likeness (QED) is 0.620. The Balaban J connectivity index is 1.60. The molecule has 0 spiro atoms. The topological polar surface area (TPSA) is 52.6 Å². The lowest BCUT2D eigenvalue weighted by Gasteiger charge is -2.22. The smallest absolute Gasteiger partial charge is 0.191 e. The molecule has 5 nitrogen and oxygen atoms in total. The molecular weight excluding hydrogens is 342 g/mol. The highest BCUT2D eigenvalue weighted by atomic mass is 32.1. The molecule has 2 heterocycles. The number of thiazole rings is 1. The summed E-state index contributed by atoms with van der Waals surface area (Å²) in [5.41, 5.74) is 3.71. The highest BCUT2D eigenvalue weighted by Gasteiger charge is 2.14. The van der Waals surface area contributed by atoms with E-state index in [1.165, 1.54) is 42.1 Å². The maximum atomic E-state index is 4.58. The van der Waals surface area contributed by atoms with Crippen molar-refractivity contribution < 1.29 is 0 Å². The van der Waals surface area contributed by atoms with E-state index in [0.717, 1.165) is 16.7 Å². The van der Waals surface area contributed by atoms with E-state index in [0.29, 0.717) is 6.54 Å². The minimum atomic E-state index is 0.184. The number of rotatable bonds is 5. The molecule has 1 fully saturated rings. The highest BCUT2D eigenvalue weighted by Crippen LogP contribution is 2.24. The maximum absolute atomic E-state index is 4.58. The van der Waals surface area contributed by atoms with Crippen molar-refractivity contribution in [3.8, 4) is 0 Å². The van der Waals surface area contributed by atoms with Gasteiger partial charge in [0.05, 0.1) is 18.3 Å². The predicted octanol–water partition coefficient (Wildman–Crippen LogP) is 3.79. The number of hydrogen-bond donors (Lipinski definition) is 2. The number of aromatic nitrogens is 1. The first-order valence-corrected chi connectivity index (χ1v) is 10.1. The number of aliphatic imine (C=N–C) groups is 1. The second kappa shape index (κ2) is 8.54. The van der Waals surface area contributed by atoms with Gasteiger partial charge in [-0.15, -0.1) is 11.3 Å². The first kappa shape index (κ1) is 18.7. The standard InChI is InChI=1S/C20H29N5S/c1-14-16(3)26-19(23-14)13-22-20(21-4)24-15(2)17-8-7-9-18(12-17)25-10-5-6-11-25/h7-9,12,15H,5-6,10-11,13H2,1-4H3,(H2,21,22,24). The Hall–Kier alpha value is -2.08. The second-order valence-corrected chi connectivity index (χ2v) is 8.12. The number of guanidine groups is 1. The summed E-state index contributed by atoms with van der Waals surface area (Å²) < 4.78 is 0. The largest absolute Gasteiger partial charge is 0.372 e. The van der Waals surface area contributed by atoms with Crippen LogP contribution in [-0.4, -0.2) is 31.1 Å². The third kappa shape index (κ3) is 4.55. The average molecular weight is 372 g/mol. The number of nitrogens with zero attached hydrogens (tertiary/aromatic N) is 3. The normalized spacial score (nSPS) is 16.0. The minimum absolute atomic E-state index is 0.184. The molecule has 2 N–H and O–H groups in total. The van der Waals surface area contributed by atoms with Crippen molar-refractivity contribution in [3.63, 3.8) is 0 Å². The van der Waals surface area contributed by atoms with Crippen LogP contribution in [0.1, 0.15) is 46.9 Å². The molecule has 3 rings (SSSR count). The Kier molecular flexibility index (Phi) is 6.14. The molecule has 1 aromatic carbocycles. The molecule has 0 amide bonds. The van der Waals surface area contributed by atoms with Crippen LogP contribution in [0.4, 0.5) is 5.69 Å². The van der Waals surface area contributed by atoms with Crippen molar-refractivity contribution in [3.05, 3.63) is 45.4 Å². The number of nitrogens with one attached hydrogen (secondary N) is 2. The molecule has 140 valence electrons. The molecule has 1 aliphatic rings. The number of hydrogen-bond acceptors (Lipinski definition) is 4. The summed E-state index contributed by atoms with van der Waals surface area (Å²) in [6.07, 6.45) is 2.59. The minimum Gasteiger partial charge on any atom is -0.372 e. The second-order valence-electron chi connectivity index (χ2n) is 6.83. The summed E-state index contributed by atoms with van der Waals surface area (Å²) in [4.78, 5) is 12.7. The lowest BCUT2D eigenvalue weighted by molar-refractivity contribution is 0.684. The Bertz CT molecular complexity index is 742. The molecule has 26 heavy (non-hydrogen) atoms. The molecule has 6 heteroatoms. The van der Waals surface area contributed by atoms with Gasteiger partial charge in [-0.25, -0.2) is 4.98 Å². The third-order valence-electron chi connectivity index (χ3n) is 4.90.